The van der Waals surface area contributed by atoms with E-state index in [9.17, 15) is 9.90 Å². The molecule has 2 unspecified atom stereocenters. The van der Waals surface area contributed by atoms with Crippen LogP contribution in [0.25, 0.3) is 0 Å². The Labute approximate surface area is 98.0 Å². The van der Waals surface area contributed by atoms with E-state index in [2.05, 4.69) is 12.2 Å². The second-order valence-electron chi connectivity index (χ2n) is 5.34. The number of aliphatic hydroxyl groups is 1. The fourth-order valence-corrected chi connectivity index (χ4v) is 1.81. The lowest BCUT2D eigenvalue weighted by atomic mass is 10.0. The van der Waals surface area contributed by atoms with E-state index < -0.39 is 0 Å². The second-order valence-corrected chi connectivity index (χ2v) is 5.34. The molecule has 1 rings (SSSR count). The van der Waals surface area contributed by atoms with Crippen molar-refractivity contribution < 1.29 is 9.90 Å². The molecule has 0 bridgehead atoms. The van der Waals surface area contributed by atoms with Crippen LogP contribution in [0.3, 0.4) is 0 Å². The van der Waals surface area contributed by atoms with Crippen LogP contribution in [-0.2, 0) is 4.79 Å². The van der Waals surface area contributed by atoms with E-state index in [1.807, 2.05) is 25.7 Å². The second kappa shape index (κ2) is 5.15. The Kier molecular flexibility index (Phi) is 4.33. The van der Waals surface area contributed by atoms with Crippen LogP contribution in [-0.4, -0.2) is 46.7 Å². The van der Waals surface area contributed by atoms with Gasteiger partial charge in [-0.2, -0.15) is 0 Å². The number of nitrogens with one attached hydrogen (secondary N) is 1. The summed E-state index contributed by atoms with van der Waals surface area (Å²) in [5.74, 6) is 0.0564. The molecule has 16 heavy (non-hydrogen) atoms. The molecule has 0 aromatic carbocycles. The normalized spacial score (nSPS) is 24.4. The summed E-state index contributed by atoms with van der Waals surface area (Å²) >= 11 is 0. The Morgan fingerprint density at radius 1 is 1.62 bits per heavy atom. The van der Waals surface area contributed by atoms with Gasteiger partial charge in [0.1, 0.15) is 0 Å². The summed E-state index contributed by atoms with van der Waals surface area (Å²) in [4.78, 5) is 14.0. The Bertz CT molecular complexity index is 253. The van der Waals surface area contributed by atoms with Crippen molar-refractivity contribution in [3.8, 4) is 0 Å². The van der Waals surface area contributed by atoms with Crippen LogP contribution >= 0.6 is 0 Å². The molecule has 1 aliphatic rings. The topological polar surface area (TPSA) is 52.6 Å². The van der Waals surface area contributed by atoms with E-state index in [0.29, 0.717) is 6.54 Å². The Hall–Kier alpha value is -0.610. The van der Waals surface area contributed by atoms with Crippen LogP contribution in [0.15, 0.2) is 0 Å². The lowest BCUT2D eigenvalue weighted by Gasteiger charge is -2.29. The van der Waals surface area contributed by atoms with Crippen LogP contribution in [0.5, 0.6) is 0 Å². The molecule has 1 saturated heterocycles. The van der Waals surface area contributed by atoms with Gasteiger partial charge in [-0.25, -0.2) is 0 Å². The van der Waals surface area contributed by atoms with Crippen molar-refractivity contribution in [1.82, 2.24) is 10.2 Å². The van der Waals surface area contributed by atoms with Crippen molar-refractivity contribution >= 4 is 5.91 Å². The van der Waals surface area contributed by atoms with Crippen LogP contribution in [0.1, 0.15) is 40.5 Å². The Balaban J connectivity index is 2.48. The summed E-state index contributed by atoms with van der Waals surface area (Å²) in [6.07, 6.45) is 1.41. The molecule has 2 atom stereocenters. The third-order valence-corrected chi connectivity index (χ3v) is 3.47. The minimum Gasteiger partial charge on any atom is -0.392 e. The molecule has 0 aromatic heterocycles. The van der Waals surface area contributed by atoms with Crippen LogP contribution in [0.2, 0.25) is 0 Å². The average Bonchev–Trinajstić information content (AvgIpc) is 2.63. The molecule has 0 aromatic rings. The maximum absolute atomic E-state index is 12.0. The van der Waals surface area contributed by atoms with Gasteiger partial charge in [-0.3, -0.25) is 9.69 Å². The molecule has 2 N–H and O–H groups in total. The number of hydrogen-bond donors (Lipinski definition) is 2. The molecule has 0 spiro atoms. The Morgan fingerprint density at radius 3 is 2.69 bits per heavy atom. The molecular weight excluding hydrogens is 204 g/mol. The smallest absolute Gasteiger partial charge is 0.237 e. The van der Waals surface area contributed by atoms with Gasteiger partial charge in [0.15, 0.2) is 0 Å². The number of carbonyl (C=O) groups is 1. The van der Waals surface area contributed by atoms with Gasteiger partial charge < -0.3 is 10.4 Å². The largest absolute Gasteiger partial charge is 0.392 e. The zero-order valence-corrected chi connectivity index (χ0v) is 10.8. The van der Waals surface area contributed by atoms with Crippen LogP contribution < -0.4 is 5.32 Å². The lowest BCUT2D eigenvalue weighted by molar-refractivity contribution is -0.127. The van der Waals surface area contributed by atoms with E-state index in [1.165, 1.54) is 0 Å². The standard InChI is InChI=1S/C12H24N2O2/c1-5-12(3,4)13-11(16)9(2)14-7-6-10(15)8-14/h9-10,15H,5-8H2,1-4H3,(H,13,16). The summed E-state index contributed by atoms with van der Waals surface area (Å²) in [5.41, 5.74) is -0.149. The fourth-order valence-electron chi connectivity index (χ4n) is 1.81. The van der Waals surface area contributed by atoms with Gasteiger partial charge in [0.2, 0.25) is 5.91 Å². The highest BCUT2D eigenvalue weighted by atomic mass is 16.3. The van der Waals surface area contributed by atoms with E-state index in [4.69, 9.17) is 0 Å². The molecule has 0 saturated carbocycles. The maximum Gasteiger partial charge on any atom is 0.237 e. The number of nitrogens with zero attached hydrogens (tertiary/aromatic N) is 1. The van der Waals surface area contributed by atoms with E-state index in [0.717, 1.165) is 19.4 Å². The lowest BCUT2D eigenvalue weighted by Crippen LogP contribution is -2.51. The Morgan fingerprint density at radius 2 is 2.25 bits per heavy atom. The van der Waals surface area contributed by atoms with Gasteiger partial charge in [0.25, 0.3) is 0 Å². The molecule has 0 radical (unpaired) electrons. The number of hydrogen-bond acceptors (Lipinski definition) is 3. The number of amides is 1. The monoisotopic (exact) mass is 228 g/mol. The molecular formula is C12H24N2O2. The van der Waals surface area contributed by atoms with Crippen LogP contribution in [0, 0.1) is 0 Å². The molecule has 1 amide bonds. The van der Waals surface area contributed by atoms with Crippen molar-refractivity contribution in [2.24, 2.45) is 0 Å². The number of likely N-dealkylation sites (tertiary alicyclic amines) is 1. The van der Waals surface area contributed by atoms with Crippen molar-refractivity contribution in [1.29, 1.82) is 0 Å². The van der Waals surface area contributed by atoms with Gasteiger partial charge in [-0.05, 0) is 33.6 Å². The zero-order valence-electron chi connectivity index (χ0n) is 10.8. The predicted molar refractivity (Wildman–Crippen MR) is 64.2 cm³/mol. The first-order valence-electron chi connectivity index (χ1n) is 6.10. The third-order valence-electron chi connectivity index (χ3n) is 3.47. The summed E-state index contributed by atoms with van der Waals surface area (Å²) in [6, 6.07) is -0.150. The molecule has 1 aliphatic heterocycles. The SMILES string of the molecule is CCC(C)(C)NC(=O)C(C)N1CCC(O)C1. The first-order chi connectivity index (χ1) is 7.35. The van der Waals surface area contributed by atoms with Gasteiger partial charge in [-0.15, -0.1) is 0 Å². The van der Waals surface area contributed by atoms with E-state index >= 15 is 0 Å². The number of aliphatic hydroxyl groups excluding tert-OH is 1. The predicted octanol–water partition coefficient (Wildman–Crippen LogP) is 0.746. The van der Waals surface area contributed by atoms with Gasteiger partial charge in [0, 0.05) is 18.6 Å². The molecule has 4 nitrogen and oxygen atoms in total. The van der Waals surface area contributed by atoms with Crippen molar-refractivity contribution in [3.05, 3.63) is 0 Å². The minimum atomic E-state index is -0.269. The highest BCUT2D eigenvalue weighted by molar-refractivity contribution is 5.82. The summed E-state index contributed by atoms with van der Waals surface area (Å²) < 4.78 is 0. The fraction of sp³-hybridized carbons (Fsp3) is 0.917. The van der Waals surface area contributed by atoms with E-state index in [1.54, 1.807) is 0 Å². The summed E-state index contributed by atoms with van der Waals surface area (Å²) in [5, 5.41) is 12.5. The minimum absolute atomic E-state index is 0.0564. The molecule has 4 heteroatoms. The van der Waals surface area contributed by atoms with Crippen LogP contribution in [0.4, 0.5) is 0 Å². The number of carbonyl (C=O) groups excluding carboxylic acids is 1. The molecule has 1 heterocycles. The van der Waals surface area contributed by atoms with Crippen molar-refractivity contribution in [3.63, 3.8) is 0 Å². The van der Waals surface area contributed by atoms with Gasteiger partial charge in [-0.1, -0.05) is 6.92 Å². The highest BCUT2D eigenvalue weighted by Crippen LogP contribution is 2.14. The molecule has 1 fully saturated rings. The maximum atomic E-state index is 12.0. The molecule has 0 aliphatic carbocycles. The molecule has 94 valence electrons. The first-order valence-corrected chi connectivity index (χ1v) is 6.10. The highest BCUT2D eigenvalue weighted by Gasteiger charge is 2.30. The first kappa shape index (κ1) is 13.5. The quantitative estimate of drug-likeness (QED) is 0.746. The van der Waals surface area contributed by atoms with E-state index in [-0.39, 0.29) is 23.6 Å². The summed E-state index contributed by atoms with van der Waals surface area (Å²) in [7, 11) is 0. The number of rotatable bonds is 4. The average molecular weight is 228 g/mol. The van der Waals surface area contributed by atoms with Crippen molar-refractivity contribution in [2.45, 2.75) is 58.2 Å². The number of β-amino-alcohol motifs (C(OH)–C–C–N with tert-alkyl or cyclic N) is 1. The summed E-state index contributed by atoms with van der Waals surface area (Å²) in [6.45, 7) is 9.43. The van der Waals surface area contributed by atoms with Gasteiger partial charge >= 0.3 is 0 Å². The van der Waals surface area contributed by atoms with Gasteiger partial charge in [0.05, 0.1) is 12.1 Å². The zero-order chi connectivity index (χ0) is 12.3. The third kappa shape index (κ3) is 3.46. The van der Waals surface area contributed by atoms with Crippen molar-refractivity contribution in [2.75, 3.05) is 13.1 Å².